The van der Waals surface area contributed by atoms with Crippen LogP contribution in [0.15, 0.2) is 29.3 Å². The Hall–Kier alpha value is -1.36. The third-order valence-electron chi connectivity index (χ3n) is 3.92. The average Bonchev–Trinajstić information content (AvgIpc) is 2.91. The molecule has 0 aliphatic carbocycles. The molecule has 1 amide bonds. The largest absolute Gasteiger partial charge is 0.357 e. The molecule has 0 aromatic heterocycles. The fourth-order valence-corrected chi connectivity index (χ4v) is 4.32. The number of guanidine groups is 1. The van der Waals surface area contributed by atoms with E-state index in [2.05, 4.69) is 27.9 Å². The van der Waals surface area contributed by atoms with E-state index >= 15 is 0 Å². The number of sulfone groups is 1. The predicted molar refractivity (Wildman–Crippen MR) is 116 cm³/mol. The number of hydrogen-bond donors (Lipinski definition) is 3. The van der Waals surface area contributed by atoms with Gasteiger partial charge >= 0.3 is 0 Å². The van der Waals surface area contributed by atoms with Gasteiger partial charge in [-0.3, -0.25) is 4.79 Å². The number of amides is 1. The monoisotopic (exact) mass is 494 g/mol. The molecule has 146 valence electrons. The van der Waals surface area contributed by atoms with Crippen molar-refractivity contribution >= 4 is 51.4 Å². The molecule has 26 heavy (non-hydrogen) atoms. The lowest BCUT2D eigenvalue weighted by Crippen LogP contribution is -2.44. The second-order valence-corrected chi connectivity index (χ2v) is 8.27. The number of nitrogens with one attached hydrogen (secondary N) is 3. The molecule has 1 fully saturated rings. The van der Waals surface area contributed by atoms with Crippen molar-refractivity contribution in [3.63, 3.8) is 0 Å². The Morgan fingerprint density at radius 3 is 2.69 bits per heavy atom. The number of halogens is 1. The van der Waals surface area contributed by atoms with Crippen LogP contribution in [-0.4, -0.2) is 50.9 Å². The Labute approximate surface area is 172 Å². The highest BCUT2D eigenvalue weighted by Gasteiger charge is 2.28. The summed E-state index contributed by atoms with van der Waals surface area (Å²) in [7, 11) is -2.96. The molecule has 0 bridgehead atoms. The molecule has 1 heterocycles. The van der Waals surface area contributed by atoms with Gasteiger partial charge in [0.2, 0.25) is 5.91 Å². The molecule has 0 spiro atoms. The molecular formula is C17H27IN4O3S. The number of carbonyl (C=O) groups is 1. The van der Waals surface area contributed by atoms with Gasteiger partial charge < -0.3 is 16.0 Å². The summed E-state index contributed by atoms with van der Waals surface area (Å²) < 4.78 is 23.1. The Bertz CT molecular complexity index is 737. The maximum absolute atomic E-state index is 12.1. The highest BCUT2D eigenvalue weighted by molar-refractivity contribution is 14.0. The van der Waals surface area contributed by atoms with Gasteiger partial charge in [0.1, 0.15) is 6.54 Å². The van der Waals surface area contributed by atoms with Crippen molar-refractivity contribution in [1.82, 2.24) is 10.6 Å². The van der Waals surface area contributed by atoms with Crippen LogP contribution in [0, 0.1) is 0 Å². The Morgan fingerprint density at radius 2 is 2.08 bits per heavy atom. The number of benzene rings is 1. The van der Waals surface area contributed by atoms with Crippen LogP contribution >= 0.6 is 24.0 Å². The molecule has 1 atom stereocenters. The first kappa shape index (κ1) is 22.7. The van der Waals surface area contributed by atoms with E-state index in [1.807, 2.05) is 31.2 Å². The fourth-order valence-electron chi connectivity index (χ4n) is 2.64. The van der Waals surface area contributed by atoms with Crippen LogP contribution in [0.2, 0.25) is 0 Å². The van der Waals surface area contributed by atoms with Crippen LogP contribution < -0.4 is 16.0 Å². The minimum absolute atomic E-state index is 0. The SMILES string of the molecule is CCNC(=NCC(=O)Nc1cccc(CC)c1)NC1CCS(=O)(=O)C1.I. The number of aliphatic imine (C=N–C) groups is 1. The summed E-state index contributed by atoms with van der Waals surface area (Å²) in [4.78, 5) is 16.3. The summed E-state index contributed by atoms with van der Waals surface area (Å²) in [5.41, 5.74) is 1.90. The third kappa shape index (κ3) is 7.48. The molecule has 1 saturated heterocycles. The molecule has 1 aliphatic heterocycles. The van der Waals surface area contributed by atoms with Gasteiger partial charge in [0, 0.05) is 18.3 Å². The van der Waals surface area contributed by atoms with Crippen molar-refractivity contribution in [2.75, 3.05) is 29.9 Å². The molecular weight excluding hydrogens is 467 g/mol. The topological polar surface area (TPSA) is 99.7 Å². The zero-order chi connectivity index (χ0) is 18.3. The van der Waals surface area contributed by atoms with E-state index in [9.17, 15) is 13.2 Å². The summed E-state index contributed by atoms with van der Waals surface area (Å²) >= 11 is 0. The second-order valence-electron chi connectivity index (χ2n) is 6.04. The first-order chi connectivity index (χ1) is 11.9. The van der Waals surface area contributed by atoms with E-state index in [0.29, 0.717) is 18.9 Å². The molecule has 0 radical (unpaired) electrons. The molecule has 3 N–H and O–H groups in total. The lowest BCUT2D eigenvalue weighted by molar-refractivity contribution is -0.114. The molecule has 1 aromatic carbocycles. The van der Waals surface area contributed by atoms with Crippen molar-refractivity contribution < 1.29 is 13.2 Å². The van der Waals surface area contributed by atoms with Gasteiger partial charge in [-0.05, 0) is 37.5 Å². The Morgan fingerprint density at radius 1 is 1.31 bits per heavy atom. The van der Waals surface area contributed by atoms with Crippen molar-refractivity contribution in [3.05, 3.63) is 29.8 Å². The molecule has 2 rings (SSSR count). The van der Waals surface area contributed by atoms with Crippen LogP contribution in [0.5, 0.6) is 0 Å². The highest BCUT2D eigenvalue weighted by Crippen LogP contribution is 2.12. The standard InChI is InChI=1S/C17H26N4O3S.HI/c1-3-13-6-5-7-14(10-13)20-16(22)11-19-17(18-4-2)21-15-8-9-25(23,24)12-15;/h5-7,10,15H,3-4,8-9,11-12H2,1-2H3,(H,20,22)(H2,18,19,21);1H. The number of aryl methyl sites for hydroxylation is 1. The lowest BCUT2D eigenvalue weighted by Gasteiger charge is -2.15. The minimum Gasteiger partial charge on any atom is -0.357 e. The van der Waals surface area contributed by atoms with E-state index in [0.717, 1.165) is 17.7 Å². The van der Waals surface area contributed by atoms with Crippen LogP contribution in [0.1, 0.15) is 25.8 Å². The van der Waals surface area contributed by atoms with Gasteiger partial charge in [-0.2, -0.15) is 0 Å². The van der Waals surface area contributed by atoms with Gasteiger partial charge in [-0.1, -0.05) is 19.1 Å². The zero-order valence-electron chi connectivity index (χ0n) is 15.1. The summed E-state index contributed by atoms with van der Waals surface area (Å²) in [6, 6.07) is 7.54. The predicted octanol–water partition coefficient (Wildman–Crippen LogP) is 1.55. The number of rotatable bonds is 6. The van der Waals surface area contributed by atoms with Crippen LogP contribution in [0.3, 0.4) is 0 Å². The smallest absolute Gasteiger partial charge is 0.246 e. The first-order valence-corrected chi connectivity index (χ1v) is 10.4. The zero-order valence-corrected chi connectivity index (χ0v) is 18.3. The van der Waals surface area contributed by atoms with Crippen LogP contribution in [0.25, 0.3) is 0 Å². The molecule has 9 heteroatoms. The highest BCUT2D eigenvalue weighted by atomic mass is 127. The van der Waals surface area contributed by atoms with E-state index in [-0.39, 0.29) is 54.0 Å². The number of nitrogens with zero attached hydrogens (tertiary/aromatic N) is 1. The fraction of sp³-hybridized carbons (Fsp3) is 0.529. The molecule has 1 aliphatic rings. The lowest BCUT2D eigenvalue weighted by atomic mass is 10.1. The van der Waals surface area contributed by atoms with E-state index in [1.54, 1.807) is 0 Å². The third-order valence-corrected chi connectivity index (χ3v) is 5.69. The summed E-state index contributed by atoms with van der Waals surface area (Å²) in [5.74, 6) is 0.540. The number of anilines is 1. The number of hydrogen-bond acceptors (Lipinski definition) is 4. The van der Waals surface area contributed by atoms with Crippen LogP contribution in [-0.2, 0) is 21.1 Å². The van der Waals surface area contributed by atoms with Crippen molar-refractivity contribution in [3.8, 4) is 0 Å². The van der Waals surface area contributed by atoms with Gasteiger partial charge in [-0.25, -0.2) is 13.4 Å². The Balaban J connectivity index is 0.00000338. The van der Waals surface area contributed by atoms with E-state index in [4.69, 9.17) is 0 Å². The van der Waals surface area contributed by atoms with Gasteiger partial charge in [0.15, 0.2) is 15.8 Å². The summed E-state index contributed by atoms with van der Waals surface area (Å²) in [6.45, 7) is 4.57. The van der Waals surface area contributed by atoms with Crippen molar-refractivity contribution in [2.45, 2.75) is 32.7 Å². The first-order valence-electron chi connectivity index (χ1n) is 8.56. The maximum atomic E-state index is 12.1. The minimum atomic E-state index is -2.96. The van der Waals surface area contributed by atoms with Crippen molar-refractivity contribution in [2.24, 2.45) is 4.99 Å². The number of carbonyl (C=O) groups excluding carboxylic acids is 1. The molecule has 0 saturated carbocycles. The van der Waals surface area contributed by atoms with Crippen molar-refractivity contribution in [1.29, 1.82) is 0 Å². The summed E-state index contributed by atoms with van der Waals surface area (Å²) in [5, 5.41) is 8.95. The summed E-state index contributed by atoms with van der Waals surface area (Å²) in [6.07, 6.45) is 1.46. The normalized spacial score (nSPS) is 18.7. The Kier molecular flexibility index (Phi) is 9.34. The molecule has 1 aromatic rings. The van der Waals surface area contributed by atoms with E-state index < -0.39 is 9.84 Å². The maximum Gasteiger partial charge on any atom is 0.246 e. The van der Waals surface area contributed by atoms with Gasteiger partial charge in [0.25, 0.3) is 0 Å². The van der Waals surface area contributed by atoms with E-state index in [1.165, 1.54) is 0 Å². The molecule has 7 nitrogen and oxygen atoms in total. The van der Waals surface area contributed by atoms with Gasteiger partial charge in [-0.15, -0.1) is 24.0 Å². The quantitative estimate of drug-likeness (QED) is 0.317. The van der Waals surface area contributed by atoms with Crippen LogP contribution in [0.4, 0.5) is 5.69 Å². The average molecular weight is 494 g/mol. The van der Waals surface area contributed by atoms with Gasteiger partial charge in [0.05, 0.1) is 11.5 Å². The second kappa shape index (κ2) is 10.7. The molecule has 1 unspecified atom stereocenters.